The summed E-state index contributed by atoms with van der Waals surface area (Å²) in [6, 6.07) is 1.97. The number of aromatic nitrogens is 2. The van der Waals surface area contributed by atoms with E-state index in [1.807, 2.05) is 20.0 Å². The second-order valence-electron chi connectivity index (χ2n) is 3.67. The Bertz CT molecular complexity index is 333. The highest BCUT2D eigenvalue weighted by atomic mass is 32.2. The Kier molecular flexibility index (Phi) is 4.88. The highest BCUT2D eigenvalue weighted by Crippen LogP contribution is 2.07. The first-order valence-corrected chi connectivity index (χ1v) is 6.38. The van der Waals surface area contributed by atoms with E-state index in [0.717, 1.165) is 23.6 Å². The molecule has 0 amide bonds. The van der Waals surface area contributed by atoms with Crippen molar-refractivity contribution in [2.75, 3.05) is 11.5 Å². The number of hydrogen-bond acceptors (Lipinski definition) is 3. The Balaban J connectivity index is 2.41. The molecule has 0 aliphatic heterocycles. The van der Waals surface area contributed by atoms with Crippen molar-refractivity contribution in [3.63, 3.8) is 0 Å². The molecule has 0 fully saturated rings. The predicted octanol–water partition coefficient (Wildman–Crippen LogP) is 1.98. The van der Waals surface area contributed by atoms with Crippen molar-refractivity contribution in [2.24, 2.45) is 7.05 Å². The molecule has 1 aromatic heterocycles. The van der Waals surface area contributed by atoms with Crippen LogP contribution in [-0.4, -0.2) is 27.1 Å². The minimum absolute atomic E-state index is 0.288. The van der Waals surface area contributed by atoms with Gasteiger partial charge in [0, 0.05) is 19.2 Å². The largest absolute Gasteiger partial charge is 0.298 e. The molecule has 4 heteroatoms. The van der Waals surface area contributed by atoms with E-state index in [1.165, 1.54) is 0 Å². The van der Waals surface area contributed by atoms with Gasteiger partial charge in [-0.1, -0.05) is 6.92 Å². The first-order chi connectivity index (χ1) is 7.13. The van der Waals surface area contributed by atoms with Gasteiger partial charge in [0.25, 0.3) is 0 Å². The van der Waals surface area contributed by atoms with Crippen LogP contribution in [0.15, 0.2) is 6.07 Å². The topological polar surface area (TPSA) is 34.9 Å². The average Bonchev–Trinajstić information content (AvgIpc) is 2.45. The molecular formula is C11H18N2OS. The van der Waals surface area contributed by atoms with Gasteiger partial charge >= 0.3 is 0 Å². The fourth-order valence-electron chi connectivity index (χ4n) is 1.41. The Morgan fingerprint density at radius 1 is 1.60 bits per heavy atom. The maximum absolute atomic E-state index is 11.6. The number of ketones is 1. The molecule has 0 atom stereocenters. The molecule has 0 unspecified atom stereocenters. The highest BCUT2D eigenvalue weighted by Gasteiger charge is 2.08. The Morgan fingerprint density at radius 2 is 2.33 bits per heavy atom. The van der Waals surface area contributed by atoms with Crippen LogP contribution in [0.25, 0.3) is 0 Å². The molecule has 1 heterocycles. The summed E-state index contributed by atoms with van der Waals surface area (Å²) >= 11 is 1.71. The second-order valence-corrected chi connectivity index (χ2v) is 4.77. The number of aryl methyl sites for hydroxylation is 2. The van der Waals surface area contributed by atoms with Crippen molar-refractivity contribution in [3.05, 3.63) is 17.5 Å². The summed E-state index contributed by atoms with van der Waals surface area (Å²) in [5, 5.41) is 4.22. The number of thioether (sulfide) groups is 1. The lowest BCUT2D eigenvalue weighted by molar-refractivity contribution is -0.116. The summed E-state index contributed by atoms with van der Waals surface area (Å²) in [7, 11) is 1.88. The van der Waals surface area contributed by atoms with Gasteiger partial charge in [-0.25, -0.2) is 0 Å². The van der Waals surface area contributed by atoms with Gasteiger partial charge in [0.15, 0.2) is 0 Å². The summed E-state index contributed by atoms with van der Waals surface area (Å²) in [5.74, 6) is 1.98. The van der Waals surface area contributed by atoms with Crippen molar-refractivity contribution in [2.45, 2.75) is 26.7 Å². The number of hydrogen-bond donors (Lipinski definition) is 0. The van der Waals surface area contributed by atoms with Crippen molar-refractivity contribution in [3.8, 4) is 0 Å². The highest BCUT2D eigenvalue weighted by molar-refractivity contribution is 7.99. The van der Waals surface area contributed by atoms with Gasteiger partial charge in [0.1, 0.15) is 5.78 Å². The van der Waals surface area contributed by atoms with Gasteiger partial charge in [0.2, 0.25) is 0 Å². The van der Waals surface area contributed by atoms with Crippen LogP contribution in [0.1, 0.15) is 24.7 Å². The summed E-state index contributed by atoms with van der Waals surface area (Å²) in [6.07, 6.45) is 1.64. The van der Waals surface area contributed by atoms with E-state index in [9.17, 15) is 4.79 Å². The van der Waals surface area contributed by atoms with Gasteiger partial charge < -0.3 is 0 Å². The lowest BCUT2D eigenvalue weighted by Gasteiger charge is -2.01. The normalized spacial score (nSPS) is 10.6. The Labute approximate surface area is 95.2 Å². The standard InChI is InChI=1S/C11H18N2OS/c1-4-5-15-8-11(14)7-10-6-9(2)12-13(10)3/h6H,4-5,7-8H2,1-3H3. The summed E-state index contributed by atoms with van der Waals surface area (Å²) in [5.41, 5.74) is 1.98. The minimum Gasteiger partial charge on any atom is -0.298 e. The van der Waals surface area contributed by atoms with Crippen molar-refractivity contribution in [1.29, 1.82) is 0 Å². The quantitative estimate of drug-likeness (QED) is 0.696. The third-order valence-electron chi connectivity index (χ3n) is 2.09. The second kappa shape index (κ2) is 5.95. The fraction of sp³-hybridized carbons (Fsp3) is 0.636. The lowest BCUT2D eigenvalue weighted by Crippen LogP contribution is -2.09. The maximum atomic E-state index is 11.6. The first-order valence-electron chi connectivity index (χ1n) is 5.22. The Morgan fingerprint density at radius 3 is 2.87 bits per heavy atom. The van der Waals surface area contributed by atoms with Gasteiger partial charge in [-0.05, 0) is 25.2 Å². The molecule has 0 radical (unpaired) electrons. The number of carbonyl (C=O) groups excluding carboxylic acids is 1. The lowest BCUT2D eigenvalue weighted by atomic mass is 10.2. The van der Waals surface area contributed by atoms with E-state index < -0.39 is 0 Å². The third kappa shape index (κ3) is 4.08. The molecule has 3 nitrogen and oxygen atoms in total. The molecule has 15 heavy (non-hydrogen) atoms. The number of carbonyl (C=O) groups is 1. The first kappa shape index (κ1) is 12.3. The van der Waals surface area contributed by atoms with E-state index in [0.29, 0.717) is 12.2 Å². The van der Waals surface area contributed by atoms with Crippen LogP contribution < -0.4 is 0 Å². The zero-order valence-electron chi connectivity index (χ0n) is 9.62. The SMILES string of the molecule is CCCSCC(=O)Cc1cc(C)nn1C. The van der Waals surface area contributed by atoms with Crippen molar-refractivity contribution < 1.29 is 4.79 Å². The summed E-state index contributed by atoms with van der Waals surface area (Å²) in [6.45, 7) is 4.07. The fourth-order valence-corrected chi connectivity index (χ4v) is 2.18. The molecule has 0 aliphatic rings. The average molecular weight is 226 g/mol. The van der Waals surface area contributed by atoms with Gasteiger partial charge in [-0.2, -0.15) is 16.9 Å². The van der Waals surface area contributed by atoms with Gasteiger partial charge in [-0.15, -0.1) is 0 Å². The molecule has 84 valence electrons. The van der Waals surface area contributed by atoms with Crippen LogP contribution in [0.2, 0.25) is 0 Å². The van der Waals surface area contributed by atoms with Crippen LogP contribution in [0.4, 0.5) is 0 Å². The predicted molar refractivity (Wildman–Crippen MR) is 64.3 cm³/mol. The minimum atomic E-state index is 0.288. The van der Waals surface area contributed by atoms with Crippen LogP contribution >= 0.6 is 11.8 Å². The van der Waals surface area contributed by atoms with Crippen LogP contribution in [0.5, 0.6) is 0 Å². The molecule has 0 aliphatic carbocycles. The van der Waals surface area contributed by atoms with Crippen LogP contribution in [-0.2, 0) is 18.3 Å². The van der Waals surface area contributed by atoms with E-state index in [2.05, 4.69) is 12.0 Å². The van der Waals surface area contributed by atoms with Crippen molar-refractivity contribution >= 4 is 17.5 Å². The summed E-state index contributed by atoms with van der Waals surface area (Å²) in [4.78, 5) is 11.6. The smallest absolute Gasteiger partial charge is 0.148 e. The third-order valence-corrected chi connectivity index (χ3v) is 3.31. The van der Waals surface area contributed by atoms with Crippen LogP contribution in [0, 0.1) is 6.92 Å². The molecule has 0 N–H and O–H groups in total. The van der Waals surface area contributed by atoms with E-state index in [4.69, 9.17) is 0 Å². The molecule has 0 saturated carbocycles. The number of nitrogens with zero attached hydrogens (tertiary/aromatic N) is 2. The molecule has 0 aromatic carbocycles. The molecule has 1 aromatic rings. The zero-order valence-corrected chi connectivity index (χ0v) is 10.4. The van der Waals surface area contributed by atoms with Crippen LogP contribution in [0.3, 0.4) is 0 Å². The number of rotatable bonds is 6. The maximum Gasteiger partial charge on any atom is 0.148 e. The van der Waals surface area contributed by atoms with E-state index >= 15 is 0 Å². The molecule has 0 saturated heterocycles. The van der Waals surface area contributed by atoms with E-state index in [-0.39, 0.29) is 5.78 Å². The summed E-state index contributed by atoms with van der Waals surface area (Å²) < 4.78 is 1.79. The van der Waals surface area contributed by atoms with Gasteiger partial charge in [0.05, 0.1) is 11.4 Å². The molecule has 0 spiro atoms. The van der Waals surface area contributed by atoms with E-state index in [1.54, 1.807) is 16.4 Å². The van der Waals surface area contributed by atoms with Crippen molar-refractivity contribution in [1.82, 2.24) is 9.78 Å². The van der Waals surface area contributed by atoms with Gasteiger partial charge in [-0.3, -0.25) is 9.48 Å². The Hall–Kier alpha value is -0.770. The zero-order chi connectivity index (χ0) is 11.3. The molecule has 1 rings (SSSR count). The molecular weight excluding hydrogens is 208 g/mol. The molecule has 0 bridgehead atoms. The monoisotopic (exact) mass is 226 g/mol. The number of Topliss-reactive ketones (excluding diaryl/α,β-unsaturated/α-hetero) is 1.